The van der Waals surface area contributed by atoms with E-state index in [2.05, 4.69) is 20.1 Å². The number of alkyl halides is 3. The average molecular weight is 622 g/mol. The van der Waals surface area contributed by atoms with Crippen LogP contribution in [0.25, 0.3) is 0 Å². The van der Waals surface area contributed by atoms with Crippen molar-refractivity contribution in [3.63, 3.8) is 0 Å². The highest BCUT2D eigenvalue weighted by Crippen LogP contribution is 2.32. The number of aliphatic imine (C=N–C) groups is 1. The number of benzene rings is 3. The fraction of sp³-hybridized carbons (Fsp3) is 0.185. The predicted molar refractivity (Wildman–Crippen MR) is 150 cm³/mol. The molecule has 0 saturated heterocycles. The monoisotopic (exact) mass is 621 g/mol. The summed E-state index contributed by atoms with van der Waals surface area (Å²) in [7, 11) is -3.17. The molecule has 3 aromatic carbocycles. The minimum atomic E-state index is -4.73. The van der Waals surface area contributed by atoms with E-state index in [0.717, 1.165) is 23.8 Å². The summed E-state index contributed by atoms with van der Waals surface area (Å²) >= 11 is 6.05. The van der Waals surface area contributed by atoms with Gasteiger partial charge in [0.2, 0.25) is 11.9 Å². The smallest absolute Gasteiger partial charge is 0.416 e. The maximum atomic E-state index is 13.2. The number of anilines is 1. The Morgan fingerprint density at radius 1 is 1.10 bits per heavy atom. The first-order chi connectivity index (χ1) is 19.8. The van der Waals surface area contributed by atoms with Gasteiger partial charge < -0.3 is 10.4 Å². The Labute approximate surface area is 243 Å². The zero-order valence-electron chi connectivity index (χ0n) is 21.8. The van der Waals surface area contributed by atoms with Crippen molar-refractivity contribution < 1.29 is 36.3 Å². The number of hydrogen-bond donors (Lipinski definition) is 3. The van der Waals surface area contributed by atoms with Gasteiger partial charge in [-0.15, -0.1) is 0 Å². The van der Waals surface area contributed by atoms with Gasteiger partial charge in [0.25, 0.3) is 10.0 Å². The van der Waals surface area contributed by atoms with Crippen molar-refractivity contribution in [1.82, 2.24) is 9.73 Å². The summed E-state index contributed by atoms with van der Waals surface area (Å²) in [5.74, 6) is -2.62. The number of carboxylic acids is 1. The van der Waals surface area contributed by atoms with Crippen LogP contribution < -0.4 is 10.0 Å². The fourth-order valence-corrected chi connectivity index (χ4v) is 5.37. The number of nitrogens with one attached hydrogen (secondary N) is 2. The standard InChI is InChI=1S/C27H23ClF3N5O5S/c1-32-26(35-42(40,41)21-4-2-3-18(13-21)27(29,30)31)36-15-22(25(34-36)17-5-9-19(28)10-6-17)16-7-11-20(12-8-16)33-23(37)14-24(38)39/h2-13,22H,14-15H2,1H3,(H,32,35)(H,33,37)(H,38,39). The molecule has 1 atom stereocenters. The zero-order chi connectivity index (χ0) is 30.7. The van der Waals surface area contributed by atoms with Gasteiger partial charge in [-0.1, -0.05) is 41.9 Å². The van der Waals surface area contributed by atoms with E-state index >= 15 is 0 Å². The van der Waals surface area contributed by atoms with Crippen LogP contribution in [0.1, 0.15) is 29.0 Å². The number of carboxylic acid groups (broad SMARTS) is 1. The third kappa shape index (κ3) is 7.25. The number of halogens is 4. The summed E-state index contributed by atoms with van der Waals surface area (Å²) in [4.78, 5) is 26.0. The van der Waals surface area contributed by atoms with Gasteiger partial charge in [-0.25, -0.2) is 18.1 Å². The van der Waals surface area contributed by atoms with Gasteiger partial charge >= 0.3 is 12.1 Å². The minimum Gasteiger partial charge on any atom is -0.481 e. The molecule has 3 N–H and O–H groups in total. The molecule has 10 nitrogen and oxygen atoms in total. The van der Waals surface area contributed by atoms with Gasteiger partial charge in [-0.2, -0.15) is 18.3 Å². The maximum absolute atomic E-state index is 13.2. The lowest BCUT2D eigenvalue weighted by molar-refractivity contribution is -0.140. The second-order valence-corrected chi connectivity index (χ2v) is 11.2. The largest absolute Gasteiger partial charge is 0.481 e. The maximum Gasteiger partial charge on any atom is 0.416 e. The van der Waals surface area contributed by atoms with Gasteiger partial charge in [0.15, 0.2) is 0 Å². The van der Waals surface area contributed by atoms with Crippen molar-refractivity contribution in [3.05, 3.63) is 94.5 Å². The number of hydrazone groups is 1. The van der Waals surface area contributed by atoms with Gasteiger partial charge in [-0.05, 0) is 53.6 Å². The van der Waals surface area contributed by atoms with E-state index in [1.165, 1.54) is 12.1 Å². The lowest BCUT2D eigenvalue weighted by atomic mass is 9.90. The molecule has 0 spiro atoms. The number of rotatable bonds is 7. The molecule has 0 fully saturated rings. The molecule has 4 rings (SSSR count). The Kier molecular flexibility index (Phi) is 8.87. The first kappa shape index (κ1) is 30.5. The van der Waals surface area contributed by atoms with Crippen molar-refractivity contribution in [2.45, 2.75) is 23.4 Å². The average Bonchev–Trinajstić information content (AvgIpc) is 3.37. The van der Waals surface area contributed by atoms with Crippen molar-refractivity contribution in [3.8, 4) is 0 Å². The molecule has 1 heterocycles. The fourth-order valence-electron chi connectivity index (χ4n) is 4.15. The number of carbonyl (C=O) groups is 2. The molecule has 1 amide bonds. The molecule has 0 saturated carbocycles. The van der Waals surface area contributed by atoms with Crippen LogP contribution in [0.4, 0.5) is 18.9 Å². The van der Waals surface area contributed by atoms with Crippen LogP contribution >= 0.6 is 11.6 Å². The van der Waals surface area contributed by atoms with E-state index in [0.29, 0.717) is 28.1 Å². The third-order valence-corrected chi connectivity index (χ3v) is 7.69. The highest BCUT2D eigenvalue weighted by Gasteiger charge is 2.34. The Morgan fingerprint density at radius 3 is 2.36 bits per heavy atom. The molecule has 220 valence electrons. The van der Waals surface area contributed by atoms with Crippen molar-refractivity contribution >= 4 is 50.9 Å². The van der Waals surface area contributed by atoms with Gasteiger partial charge in [0.05, 0.1) is 22.7 Å². The number of amides is 1. The molecule has 3 aromatic rings. The van der Waals surface area contributed by atoms with Crippen LogP contribution in [-0.2, 0) is 25.8 Å². The highest BCUT2D eigenvalue weighted by atomic mass is 35.5. The summed E-state index contributed by atoms with van der Waals surface area (Å²) in [6.07, 6.45) is -5.43. The Hall–Kier alpha value is -4.43. The number of hydrogen-bond acceptors (Lipinski definition) is 6. The summed E-state index contributed by atoms with van der Waals surface area (Å²) < 4.78 is 67.9. The summed E-state index contributed by atoms with van der Waals surface area (Å²) in [6.45, 7) is 0.0977. The van der Waals surface area contributed by atoms with Crippen LogP contribution in [0.2, 0.25) is 5.02 Å². The molecular formula is C27H23ClF3N5O5S. The Bertz CT molecular complexity index is 1660. The number of sulfonamides is 1. The van der Waals surface area contributed by atoms with E-state index in [1.54, 1.807) is 48.5 Å². The zero-order valence-corrected chi connectivity index (χ0v) is 23.3. The molecule has 1 unspecified atom stereocenters. The number of carbonyl (C=O) groups excluding carboxylic acids is 1. The van der Waals surface area contributed by atoms with Crippen molar-refractivity contribution in [2.75, 3.05) is 18.9 Å². The molecule has 0 aromatic heterocycles. The Balaban J connectivity index is 1.63. The molecule has 15 heteroatoms. The summed E-state index contributed by atoms with van der Waals surface area (Å²) in [5.41, 5.74) is 1.16. The van der Waals surface area contributed by atoms with Crippen LogP contribution in [0.5, 0.6) is 0 Å². The van der Waals surface area contributed by atoms with E-state index < -0.39 is 50.9 Å². The van der Waals surface area contributed by atoms with E-state index in [4.69, 9.17) is 16.7 Å². The van der Waals surface area contributed by atoms with Crippen molar-refractivity contribution in [1.29, 1.82) is 0 Å². The lowest BCUT2D eigenvalue weighted by Crippen LogP contribution is -2.41. The van der Waals surface area contributed by atoms with Crippen LogP contribution in [-0.4, -0.2) is 55.7 Å². The SMILES string of the molecule is CN=C(NS(=O)(=O)c1cccc(C(F)(F)F)c1)N1CC(c2ccc(NC(=O)CC(=O)O)cc2)C(c2ccc(Cl)cc2)=N1. The van der Waals surface area contributed by atoms with E-state index in [1.807, 2.05) is 0 Å². The highest BCUT2D eigenvalue weighted by molar-refractivity contribution is 7.90. The normalized spacial score (nSPS) is 15.7. The minimum absolute atomic E-state index is 0.0977. The third-order valence-electron chi connectivity index (χ3n) is 6.12. The van der Waals surface area contributed by atoms with Gasteiger partial charge in [0, 0.05) is 23.7 Å². The molecular weight excluding hydrogens is 599 g/mol. The van der Waals surface area contributed by atoms with E-state index in [9.17, 15) is 31.2 Å². The molecule has 0 bridgehead atoms. The number of guanidine groups is 1. The second-order valence-electron chi connectivity index (χ2n) is 9.05. The van der Waals surface area contributed by atoms with Gasteiger partial charge in [-0.3, -0.25) is 14.6 Å². The number of nitrogens with zero attached hydrogens (tertiary/aromatic N) is 3. The molecule has 1 aliphatic rings. The first-order valence-corrected chi connectivity index (χ1v) is 14.0. The van der Waals surface area contributed by atoms with Crippen molar-refractivity contribution in [2.24, 2.45) is 10.1 Å². The van der Waals surface area contributed by atoms with Gasteiger partial charge in [0.1, 0.15) is 6.42 Å². The lowest BCUT2D eigenvalue weighted by Gasteiger charge is -2.19. The van der Waals surface area contributed by atoms with Crippen LogP contribution in [0.15, 0.2) is 87.8 Å². The quantitative estimate of drug-likeness (QED) is 0.201. The first-order valence-electron chi connectivity index (χ1n) is 12.2. The second kappa shape index (κ2) is 12.2. The topological polar surface area (TPSA) is 141 Å². The van der Waals surface area contributed by atoms with E-state index in [-0.39, 0.29) is 12.5 Å². The Morgan fingerprint density at radius 2 is 1.76 bits per heavy atom. The predicted octanol–water partition coefficient (Wildman–Crippen LogP) is 4.54. The number of aliphatic carboxylic acids is 1. The molecule has 42 heavy (non-hydrogen) atoms. The molecule has 0 radical (unpaired) electrons. The molecule has 0 aliphatic carbocycles. The summed E-state index contributed by atoms with van der Waals surface area (Å²) in [5, 5.41) is 17.6. The molecule has 1 aliphatic heterocycles. The van der Waals surface area contributed by atoms with Crippen LogP contribution in [0, 0.1) is 0 Å². The summed E-state index contributed by atoms with van der Waals surface area (Å²) in [6, 6.07) is 16.7. The van der Waals surface area contributed by atoms with Crippen LogP contribution in [0.3, 0.4) is 0 Å².